The van der Waals surface area contributed by atoms with Gasteiger partial charge < -0.3 is 14.6 Å². The number of rotatable bonds is 6. The molecular formula is C14H19N3O2. The van der Waals surface area contributed by atoms with Gasteiger partial charge in [0.25, 0.3) is 0 Å². The SMILES string of the molecule is COc1ccc(C)cc1C(C)NCCc1ncon1. The summed E-state index contributed by atoms with van der Waals surface area (Å²) < 4.78 is 10.1. The second-order valence-corrected chi connectivity index (χ2v) is 4.52. The standard InChI is InChI=1S/C14H19N3O2/c1-10-4-5-13(18-3)12(8-10)11(2)15-7-6-14-16-9-19-17-14/h4-5,8-9,11,15H,6-7H2,1-3H3. The lowest BCUT2D eigenvalue weighted by atomic mass is 10.0. The van der Waals surface area contributed by atoms with Crippen molar-refractivity contribution in [2.24, 2.45) is 0 Å². The number of benzene rings is 1. The molecule has 0 bridgehead atoms. The molecule has 0 aliphatic heterocycles. The topological polar surface area (TPSA) is 60.2 Å². The van der Waals surface area contributed by atoms with E-state index in [2.05, 4.69) is 35.4 Å². The molecule has 102 valence electrons. The Bertz CT molecular complexity index is 511. The second-order valence-electron chi connectivity index (χ2n) is 4.52. The molecule has 0 saturated carbocycles. The Morgan fingerprint density at radius 2 is 2.26 bits per heavy atom. The van der Waals surface area contributed by atoms with E-state index in [0.717, 1.165) is 30.1 Å². The normalized spacial score (nSPS) is 12.4. The fourth-order valence-electron chi connectivity index (χ4n) is 2.01. The second kappa shape index (κ2) is 6.33. The van der Waals surface area contributed by atoms with Crippen LogP contribution in [0.15, 0.2) is 29.1 Å². The fourth-order valence-corrected chi connectivity index (χ4v) is 2.01. The van der Waals surface area contributed by atoms with Gasteiger partial charge in [-0.3, -0.25) is 0 Å². The Morgan fingerprint density at radius 3 is 2.95 bits per heavy atom. The monoisotopic (exact) mass is 261 g/mol. The molecular weight excluding hydrogens is 242 g/mol. The molecule has 1 aromatic heterocycles. The number of aromatic nitrogens is 2. The van der Waals surface area contributed by atoms with Crippen LogP contribution in [0.1, 0.15) is 29.9 Å². The molecule has 0 amide bonds. The van der Waals surface area contributed by atoms with Gasteiger partial charge in [0.2, 0.25) is 6.39 Å². The molecule has 0 aliphatic rings. The van der Waals surface area contributed by atoms with E-state index in [1.165, 1.54) is 12.0 Å². The van der Waals surface area contributed by atoms with Crippen molar-refractivity contribution in [2.75, 3.05) is 13.7 Å². The minimum atomic E-state index is 0.210. The first kappa shape index (κ1) is 13.5. The Hall–Kier alpha value is -1.88. The molecule has 19 heavy (non-hydrogen) atoms. The molecule has 0 radical (unpaired) electrons. The summed E-state index contributed by atoms with van der Waals surface area (Å²) in [5, 5.41) is 7.22. The van der Waals surface area contributed by atoms with Crippen molar-refractivity contribution in [3.05, 3.63) is 41.5 Å². The largest absolute Gasteiger partial charge is 0.496 e. The average Bonchev–Trinajstić information content (AvgIpc) is 2.91. The number of hydrogen-bond donors (Lipinski definition) is 1. The predicted octanol–water partition coefficient (Wildman–Crippen LogP) is 2.28. The van der Waals surface area contributed by atoms with Crippen LogP contribution in [-0.4, -0.2) is 23.8 Å². The maximum absolute atomic E-state index is 5.39. The summed E-state index contributed by atoms with van der Waals surface area (Å²) in [5.74, 6) is 1.63. The summed E-state index contributed by atoms with van der Waals surface area (Å²) in [6, 6.07) is 6.41. The zero-order valence-electron chi connectivity index (χ0n) is 11.5. The van der Waals surface area contributed by atoms with Crippen LogP contribution in [-0.2, 0) is 6.42 Å². The Morgan fingerprint density at radius 1 is 1.42 bits per heavy atom. The van der Waals surface area contributed by atoms with Crippen molar-refractivity contribution in [2.45, 2.75) is 26.3 Å². The van der Waals surface area contributed by atoms with E-state index in [4.69, 9.17) is 9.26 Å². The number of nitrogens with zero attached hydrogens (tertiary/aromatic N) is 2. The van der Waals surface area contributed by atoms with E-state index in [0.29, 0.717) is 0 Å². The molecule has 0 aliphatic carbocycles. The first-order valence-electron chi connectivity index (χ1n) is 6.34. The van der Waals surface area contributed by atoms with Crippen molar-refractivity contribution in [3.63, 3.8) is 0 Å². The zero-order chi connectivity index (χ0) is 13.7. The Balaban J connectivity index is 1.95. The van der Waals surface area contributed by atoms with Gasteiger partial charge in [-0.2, -0.15) is 4.98 Å². The molecule has 1 unspecified atom stereocenters. The van der Waals surface area contributed by atoms with Gasteiger partial charge in [0.05, 0.1) is 7.11 Å². The minimum absolute atomic E-state index is 0.210. The van der Waals surface area contributed by atoms with Crippen molar-refractivity contribution in [1.29, 1.82) is 0 Å². The third-order valence-electron chi connectivity index (χ3n) is 3.06. The fraction of sp³-hybridized carbons (Fsp3) is 0.429. The summed E-state index contributed by atoms with van der Waals surface area (Å²) >= 11 is 0. The maximum atomic E-state index is 5.39. The van der Waals surface area contributed by atoms with Gasteiger partial charge in [-0.1, -0.05) is 22.9 Å². The van der Waals surface area contributed by atoms with Gasteiger partial charge in [0.1, 0.15) is 5.75 Å². The van der Waals surface area contributed by atoms with Crippen LogP contribution in [0.5, 0.6) is 5.75 Å². The maximum Gasteiger partial charge on any atom is 0.213 e. The van der Waals surface area contributed by atoms with Gasteiger partial charge in [-0.05, 0) is 19.9 Å². The van der Waals surface area contributed by atoms with Gasteiger partial charge >= 0.3 is 0 Å². The third kappa shape index (κ3) is 3.54. The van der Waals surface area contributed by atoms with E-state index in [1.807, 2.05) is 12.1 Å². The molecule has 1 aromatic carbocycles. The predicted molar refractivity (Wildman–Crippen MR) is 72.2 cm³/mol. The summed E-state index contributed by atoms with van der Waals surface area (Å²) in [6.07, 6.45) is 2.09. The lowest BCUT2D eigenvalue weighted by Gasteiger charge is -2.17. The lowest BCUT2D eigenvalue weighted by molar-refractivity contribution is 0.399. The first-order chi connectivity index (χ1) is 9.20. The van der Waals surface area contributed by atoms with Gasteiger partial charge in [-0.15, -0.1) is 0 Å². The number of aryl methyl sites for hydroxylation is 1. The molecule has 2 aromatic rings. The van der Waals surface area contributed by atoms with Gasteiger partial charge in [-0.25, -0.2) is 0 Å². The van der Waals surface area contributed by atoms with Crippen LogP contribution < -0.4 is 10.1 Å². The number of nitrogens with one attached hydrogen (secondary N) is 1. The Labute approximate surface area is 113 Å². The van der Waals surface area contributed by atoms with E-state index >= 15 is 0 Å². The molecule has 2 rings (SSSR count). The molecule has 5 heteroatoms. The van der Waals surface area contributed by atoms with Gasteiger partial charge in [0.15, 0.2) is 5.82 Å². The average molecular weight is 261 g/mol. The third-order valence-corrected chi connectivity index (χ3v) is 3.06. The quantitative estimate of drug-likeness (QED) is 0.864. The van der Waals surface area contributed by atoms with Crippen molar-refractivity contribution in [1.82, 2.24) is 15.5 Å². The molecule has 0 saturated heterocycles. The van der Waals surface area contributed by atoms with E-state index in [9.17, 15) is 0 Å². The zero-order valence-corrected chi connectivity index (χ0v) is 11.5. The van der Waals surface area contributed by atoms with Crippen LogP contribution in [0.2, 0.25) is 0 Å². The van der Waals surface area contributed by atoms with E-state index in [1.54, 1.807) is 7.11 Å². The van der Waals surface area contributed by atoms with Crippen LogP contribution in [0, 0.1) is 6.92 Å². The summed E-state index contributed by atoms with van der Waals surface area (Å²) in [4.78, 5) is 3.99. The molecule has 1 atom stereocenters. The van der Waals surface area contributed by atoms with Crippen molar-refractivity contribution in [3.8, 4) is 5.75 Å². The molecule has 0 fully saturated rings. The molecule has 1 N–H and O–H groups in total. The smallest absolute Gasteiger partial charge is 0.213 e. The highest BCUT2D eigenvalue weighted by Crippen LogP contribution is 2.25. The highest BCUT2D eigenvalue weighted by atomic mass is 16.5. The summed E-state index contributed by atoms with van der Waals surface area (Å²) in [6.45, 7) is 4.99. The van der Waals surface area contributed by atoms with Crippen LogP contribution in [0.4, 0.5) is 0 Å². The van der Waals surface area contributed by atoms with Crippen molar-refractivity contribution < 1.29 is 9.26 Å². The number of hydrogen-bond acceptors (Lipinski definition) is 5. The van der Waals surface area contributed by atoms with E-state index in [-0.39, 0.29) is 6.04 Å². The van der Waals surface area contributed by atoms with Crippen LogP contribution >= 0.6 is 0 Å². The number of ether oxygens (including phenoxy) is 1. The van der Waals surface area contributed by atoms with Crippen LogP contribution in [0.3, 0.4) is 0 Å². The minimum Gasteiger partial charge on any atom is -0.496 e. The molecule has 0 spiro atoms. The Kier molecular flexibility index (Phi) is 4.52. The van der Waals surface area contributed by atoms with E-state index < -0.39 is 0 Å². The van der Waals surface area contributed by atoms with Gasteiger partial charge in [0, 0.05) is 24.6 Å². The number of methoxy groups -OCH3 is 1. The first-order valence-corrected chi connectivity index (χ1v) is 6.34. The highest BCUT2D eigenvalue weighted by Gasteiger charge is 2.11. The summed E-state index contributed by atoms with van der Waals surface area (Å²) in [5.41, 5.74) is 2.39. The van der Waals surface area contributed by atoms with Crippen LogP contribution in [0.25, 0.3) is 0 Å². The summed E-state index contributed by atoms with van der Waals surface area (Å²) in [7, 11) is 1.69. The molecule has 5 nitrogen and oxygen atoms in total. The highest BCUT2D eigenvalue weighted by molar-refractivity contribution is 5.38. The molecule has 1 heterocycles. The lowest BCUT2D eigenvalue weighted by Crippen LogP contribution is -2.22. The van der Waals surface area contributed by atoms with Crippen molar-refractivity contribution >= 4 is 0 Å².